The second-order valence-corrected chi connectivity index (χ2v) is 6.98. The number of likely N-dealkylation sites (tertiary alicyclic amines) is 1. The summed E-state index contributed by atoms with van der Waals surface area (Å²) in [5, 5.41) is 15.7. The molecular formula is C20H19F4N3O4. The summed E-state index contributed by atoms with van der Waals surface area (Å²) in [7, 11) is 0. The Morgan fingerprint density at radius 2 is 1.45 bits per heavy atom. The first-order valence-corrected chi connectivity index (χ1v) is 9.25. The van der Waals surface area contributed by atoms with Gasteiger partial charge >= 0.3 is 12.4 Å². The van der Waals surface area contributed by atoms with Crippen LogP contribution in [0.2, 0.25) is 0 Å². The highest BCUT2D eigenvalue weighted by Gasteiger charge is 2.40. The molecule has 1 fully saturated rings. The van der Waals surface area contributed by atoms with E-state index in [1.165, 1.54) is 41.3 Å². The molecule has 2 aromatic carbocycles. The number of nitrogens with one attached hydrogen (secondary N) is 2. The number of ether oxygens (including phenoxy) is 1. The van der Waals surface area contributed by atoms with Crippen molar-refractivity contribution in [3.05, 3.63) is 54.3 Å². The zero-order valence-corrected chi connectivity index (χ0v) is 16.1. The average Bonchev–Trinajstić information content (AvgIpc) is 2.70. The summed E-state index contributed by atoms with van der Waals surface area (Å²) in [5.74, 6) is -1.60. The van der Waals surface area contributed by atoms with Crippen LogP contribution in [0.3, 0.4) is 0 Å². The van der Waals surface area contributed by atoms with E-state index in [1.807, 2.05) is 0 Å². The molecule has 1 aliphatic heterocycles. The van der Waals surface area contributed by atoms with Crippen LogP contribution in [0.25, 0.3) is 0 Å². The predicted octanol–water partition coefficient (Wildman–Crippen LogP) is 3.72. The molecule has 0 radical (unpaired) electrons. The molecule has 0 unspecified atom stereocenters. The van der Waals surface area contributed by atoms with Crippen LogP contribution in [0.1, 0.15) is 12.8 Å². The number of amides is 3. The standard InChI is InChI=1S/C20H19F4N3O4/c21-13-1-3-15(4-2-13)26-18(29)27-11-9-19(30,10-12-27)17(28)25-14-5-7-16(8-6-14)31-20(22,23)24/h1-8,30H,9-12H2,(H,25,28)(H,26,29). The molecule has 0 atom stereocenters. The average molecular weight is 441 g/mol. The van der Waals surface area contributed by atoms with Crippen LogP contribution in [0.15, 0.2) is 48.5 Å². The van der Waals surface area contributed by atoms with E-state index in [1.54, 1.807) is 0 Å². The number of aliphatic hydroxyl groups is 1. The Balaban J connectivity index is 1.52. The molecule has 1 heterocycles. The maximum absolute atomic E-state index is 12.9. The van der Waals surface area contributed by atoms with Crippen molar-refractivity contribution in [1.29, 1.82) is 0 Å². The summed E-state index contributed by atoms with van der Waals surface area (Å²) in [6, 6.07) is 9.28. The Morgan fingerprint density at radius 3 is 2.00 bits per heavy atom. The minimum Gasteiger partial charge on any atom is -0.406 e. The topological polar surface area (TPSA) is 90.9 Å². The van der Waals surface area contributed by atoms with Gasteiger partial charge in [0.1, 0.15) is 17.2 Å². The Morgan fingerprint density at radius 1 is 0.935 bits per heavy atom. The lowest BCUT2D eigenvalue weighted by molar-refractivity contribution is -0.274. The van der Waals surface area contributed by atoms with Gasteiger partial charge in [0.25, 0.3) is 5.91 Å². The smallest absolute Gasteiger partial charge is 0.406 e. The maximum Gasteiger partial charge on any atom is 0.573 e. The quantitative estimate of drug-likeness (QED) is 0.631. The highest BCUT2D eigenvalue weighted by Crippen LogP contribution is 2.27. The van der Waals surface area contributed by atoms with E-state index in [2.05, 4.69) is 15.4 Å². The first-order valence-electron chi connectivity index (χ1n) is 9.25. The number of halogens is 4. The number of rotatable bonds is 4. The van der Waals surface area contributed by atoms with Gasteiger partial charge in [-0.2, -0.15) is 0 Å². The van der Waals surface area contributed by atoms with E-state index in [-0.39, 0.29) is 31.6 Å². The summed E-state index contributed by atoms with van der Waals surface area (Å²) in [6.07, 6.45) is -4.90. The highest BCUT2D eigenvalue weighted by molar-refractivity contribution is 5.97. The van der Waals surface area contributed by atoms with E-state index in [9.17, 15) is 32.3 Å². The number of hydrogen-bond donors (Lipinski definition) is 3. The molecule has 0 aromatic heterocycles. The van der Waals surface area contributed by atoms with Crippen molar-refractivity contribution < 1.29 is 37.0 Å². The Labute approximate surface area is 174 Å². The number of carbonyl (C=O) groups is 2. The largest absolute Gasteiger partial charge is 0.573 e. The molecule has 0 aliphatic carbocycles. The van der Waals surface area contributed by atoms with Gasteiger partial charge < -0.3 is 25.4 Å². The molecule has 3 rings (SSSR count). The summed E-state index contributed by atoms with van der Waals surface area (Å²) in [5.41, 5.74) is -1.15. The third-order valence-electron chi connectivity index (χ3n) is 4.74. The first kappa shape index (κ1) is 22.3. The minimum atomic E-state index is -4.82. The molecule has 1 saturated heterocycles. The molecule has 0 spiro atoms. The Bertz CT molecular complexity index is 925. The number of hydrogen-bond acceptors (Lipinski definition) is 4. The fraction of sp³-hybridized carbons (Fsp3) is 0.300. The summed E-state index contributed by atoms with van der Waals surface area (Å²) in [4.78, 5) is 26.2. The van der Waals surface area contributed by atoms with E-state index in [0.717, 1.165) is 12.1 Å². The number of benzene rings is 2. The monoisotopic (exact) mass is 441 g/mol. The molecule has 0 saturated carbocycles. The molecule has 3 N–H and O–H groups in total. The van der Waals surface area contributed by atoms with Crippen molar-refractivity contribution in [3.8, 4) is 5.75 Å². The third-order valence-corrected chi connectivity index (χ3v) is 4.74. The van der Waals surface area contributed by atoms with Gasteiger partial charge in [0.15, 0.2) is 0 Å². The maximum atomic E-state index is 12.9. The second-order valence-electron chi connectivity index (χ2n) is 6.98. The fourth-order valence-electron chi connectivity index (χ4n) is 3.03. The zero-order valence-electron chi connectivity index (χ0n) is 16.1. The Kier molecular flexibility index (Phi) is 6.34. The van der Waals surface area contributed by atoms with Gasteiger partial charge in [-0.05, 0) is 48.5 Å². The van der Waals surface area contributed by atoms with Crippen LogP contribution in [0, 0.1) is 5.82 Å². The Hall–Kier alpha value is -3.34. The van der Waals surface area contributed by atoms with Gasteiger partial charge in [-0.1, -0.05) is 0 Å². The number of piperidine rings is 1. The van der Waals surface area contributed by atoms with Crippen LogP contribution < -0.4 is 15.4 Å². The summed E-state index contributed by atoms with van der Waals surface area (Å²) >= 11 is 0. The van der Waals surface area contributed by atoms with Crippen LogP contribution in [-0.4, -0.2) is 47.0 Å². The van der Waals surface area contributed by atoms with Gasteiger partial charge in [0.2, 0.25) is 0 Å². The zero-order chi connectivity index (χ0) is 22.6. The lowest BCUT2D eigenvalue weighted by Crippen LogP contribution is -2.53. The fourth-order valence-corrected chi connectivity index (χ4v) is 3.03. The van der Waals surface area contributed by atoms with Crippen LogP contribution in [0.4, 0.5) is 33.7 Å². The van der Waals surface area contributed by atoms with Crippen LogP contribution in [0.5, 0.6) is 5.75 Å². The molecule has 2 aromatic rings. The van der Waals surface area contributed by atoms with Gasteiger partial charge in [-0.3, -0.25) is 4.79 Å². The van der Waals surface area contributed by atoms with Crippen molar-refractivity contribution in [2.75, 3.05) is 23.7 Å². The summed E-state index contributed by atoms with van der Waals surface area (Å²) in [6.45, 7) is 0.185. The SMILES string of the molecule is O=C(Nc1ccc(F)cc1)N1CCC(O)(C(=O)Nc2ccc(OC(F)(F)F)cc2)CC1. The van der Waals surface area contributed by atoms with E-state index < -0.39 is 35.5 Å². The number of anilines is 2. The number of carbonyl (C=O) groups excluding carboxylic acids is 2. The molecule has 166 valence electrons. The molecule has 3 amide bonds. The van der Waals surface area contributed by atoms with Crippen molar-refractivity contribution >= 4 is 23.3 Å². The molecular weight excluding hydrogens is 422 g/mol. The normalized spacial score (nSPS) is 15.8. The van der Waals surface area contributed by atoms with Crippen LogP contribution >= 0.6 is 0 Å². The molecule has 7 nitrogen and oxygen atoms in total. The summed E-state index contributed by atoms with van der Waals surface area (Å²) < 4.78 is 53.3. The highest BCUT2D eigenvalue weighted by atomic mass is 19.4. The first-order chi connectivity index (χ1) is 14.5. The molecule has 31 heavy (non-hydrogen) atoms. The molecule has 11 heteroatoms. The molecule has 1 aliphatic rings. The number of urea groups is 1. The van der Waals surface area contributed by atoms with Crippen molar-refractivity contribution in [3.63, 3.8) is 0 Å². The van der Waals surface area contributed by atoms with Gasteiger partial charge in [0, 0.05) is 37.3 Å². The van der Waals surface area contributed by atoms with E-state index >= 15 is 0 Å². The van der Waals surface area contributed by atoms with Crippen molar-refractivity contribution in [2.45, 2.75) is 24.8 Å². The van der Waals surface area contributed by atoms with Crippen molar-refractivity contribution in [2.24, 2.45) is 0 Å². The van der Waals surface area contributed by atoms with Gasteiger partial charge in [-0.15, -0.1) is 13.2 Å². The predicted molar refractivity (Wildman–Crippen MR) is 103 cm³/mol. The third kappa shape index (κ3) is 6.07. The lowest BCUT2D eigenvalue weighted by Gasteiger charge is -2.37. The lowest BCUT2D eigenvalue weighted by atomic mass is 9.90. The van der Waals surface area contributed by atoms with Gasteiger partial charge in [0.05, 0.1) is 0 Å². The number of alkyl halides is 3. The number of nitrogens with zero attached hydrogens (tertiary/aromatic N) is 1. The van der Waals surface area contributed by atoms with Gasteiger partial charge in [-0.25, -0.2) is 9.18 Å². The minimum absolute atomic E-state index is 0.0368. The second kappa shape index (κ2) is 8.80. The van der Waals surface area contributed by atoms with E-state index in [4.69, 9.17) is 0 Å². The van der Waals surface area contributed by atoms with Crippen LogP contribution in [-0.2, 0) is 4.79 Å². The van der Waals surface area contributed by atoms with E-state index in [0.29, 0.717) is 5.69 Å². The molecule has 0 bridgehead atoms. The van der Waals surface area contributed by atoms with Crippen molar-refractivity contribution in [1.82, 2.24) is 4.90 Å².